The number of hydrogen-bond donors (Lipinski definition) is 2. The average molecular weight is 343 g/mol. The van der Waals surface area contributed by atoms with Gasteiger partial charge in [0.2, 0.25) is 0 Å². The van der Waals surface area contributed by atoms with Gasteiger partial charge in [-0.3, -0.25) is 4.90 Å². The van der Waals surface area contributed by atoms with E-state index in [1.54, 1.807) is 6.20 Å². The first-order valence-corrected chi connectivity index (χ1v) is 8.72. The zero-order valence-corrected chi connectivity index (χ0v) is 14.4. The predicted molar refractivity (Wildman–Crippen MR) is 95.9 cm³/mol. The molecule has 2 heterocycles. The van der Waals surface area contributed by atoms with E-state index in [-0.39, 0.29) is 6.03 Å². The number of morpholine rings is 1. The number of ether oxygens (including phenoxy) is 1. The molecule has 2 amide bonds. The summed E-state index contributed by atoms with van der Waals surface area (Å²) in [5.74, 6) is 0. The van der Waals surface area contributed by atoms with Crippen LogP contribution in [0.5, 0.6) is 0 Å². The molecule has 134 valence electrons. The first kappa shape index (κ1) is 17.4. The fraction of sp³-hybridized carbons (Fsp3) is 0.444. The number of urea groups is 1. The molecule has 25 heavy (non-hydrogen) atoms. The third-order valence-electron chi connectivity index (χ3n) is 4.22. The average Bonchev–Trinajstić information content (AvgIpc) is 3.18. The van der Waals surface area contributed by atoms with E-state index in [9.17, 15) is 4.79 Å². The molecule has 1 fully saturated rings. The van der Waals surface area contributed by atoms with E-state index >= 15 is 0 Å². The first-order chi connectivity index (χ1) is 12.3. The maximum atomic E-state index is 11.8. The Balaban J connectivity index is 1.31. The van der Waals surface area contributed by atoms with Gasteiger partial charge in [-0.25, -0.2) is 9.48 Å². The molecule has 0 unspecified atom stereocenters. The molecule has 0 aliphatic carbocycles. The van der Waals surface area contributed by atoms with Crippen LogP contribution in [0.4, 0.5) is 4.79 Å². The Labute approximate surface area is 148 Å². The second-order valence-corrected chi connectivity index (χ2v) is 6.00. The molecule has 2 aromatic rings. The van der Waals surface area contributed by atoms with Crippen LogP contribution in [0.3, 0.4) is 0 Å². The van der Waals surface area contributed by atoms with Crippen LogP contribution in [0, 0.1) is 0 Å². The summed E-state index contributed by atoms with van der Waals surface area (Å²) in [5.41, 5.74) is 2.21. The van der Waals surface area contributed by atoms with Gasteiger partial charge < -0.3 is 15.4 Å². The Morgan fingerprint density at radius 2 is 1.88 bits per heavy atom. The second kappa shape index (κ2) is 9.19. The van der Waals surface area contributed by atoms with E-state index in [4.69, 9.17) is 4.74 Å². The summed E-state index contributed by atoms with van der Waals surface area (Å²) in [5, 5.41) is 10.0. The molecule has 0 radical (unpaired) electrons. The number of benzene rings is 1. The summed E-state index contributed by atoms with van der Waals surface area (Å²) in [4.78, 5) is 14.1. The van der Waals surface area contributed by atoms with Crippen molar-refractivity contribution in [3.05, 3.63) is 48.3 Å². The van der Waals surface area contributed by atoms with Crippen LogP contribution in [0.2, 0.25) is 0 Å². The molecule has 1 aromatic carbocycles. The summed E-state index contributed by atoms with van der Waals surface area (Å²) >= 11 is 0. The molecule has 1 saturated heterocycles. The minimum absolute atomic E-state index is 0.110. The minimum Gasteiger partial charge on any atom is -0.379 e. The van der Waals surface area contributed by atoms with Gasteiger partial charge in [0, 0.05) is 45.1 Å². The Morgan fingerprint density at radius 1 is 1.12 bits per heavy atom. The van der Waals surface area contributed by atoms with Crippen LogP contribution in [-0.4, -0.2) is 66.6 Å². The van der Waals surface area contributed by atoms with E-state index in [0.29, 0.717) is 13.1 Å². The molecule has 0 saturated carbocycles. The molecule has 0 bridgehead atoms. The third-order valence-corrected chi connectivity index (χ3v) is 4.22. The lowest BCUT2D eigenvalue weighted by molar-refractivity contribution is 0.0387. The summed E-state index contributed by atoms with van der Waals surface area (Å²) in [6, 6.07) is 9.98. The number of rotatable bonds is 7. The highest BCUT2D eigenvalue weighted by atomic mass is 16.5. The van der Waals surface area contributed by atoms with Gasteiger partial charge in [-0.1, -0.05) is 12.1 Å². The largest absolute Gasteiger partial charge is 0.379 e. The van der Waals surface area contributed by atoms with Crippen molar-refractivity contribution in [2.24, 2.45) is 0 Å². The van der Waals surface area contributed by atoms with Crippen LogP contribution in [0.15, 0.2) is 42.7 Å². The Hall–Kier alpha value is -2.38. The number of carbonyl (C=O) groups is 1. The number of amides is 2. The van der Waals surface area contributed by atoms with Gasteiger partial charge in [0.05, 0.1) is 18.9 Å². The smallest absolute Gasteiger partial charge is 0.314 e. The highest BCUT2D eigenvalue weighted by Gasteiger charge is 2.09. The maximum Gasteiger partial charge on any atom is 0.314 e. The molecule has 3 rings (SSSR count). The standard InChI is InChI=1S/C18H25N5O2/c24-18(20-9-11-22-12-14-25-15-13-22)19-8-6-16-2-4-17(5-3-16)23-10-1-7-21-23/h1-5,7,10H,6,8-9,11-15H2,(H2,19,20,24). The van der Waals surface area contributed by atoms with Gasteiger partial charge in [0.1, 0.15) is 0 Å². The molecule has 7 heteroatoms. The van der Waals surface area contributed by atoms with E-state index in [1.165, 1.54) is 5.56 Å². The van der Waals surface area contributed by atoms with Crippen LogP contribution in [0.25, 0.3) is 5.69 Å². The zero-order chi connectivity index (χ0) is 17.3. The zero-order valence-electron chi connectivity index (χ0n) is 14.4. The minimum atomic E-state index is -0.110. The van der Waals surface area contributed by atoms with Crippen molar-refractivity contribution in [1.82, 2.24) is 25.3 Å². The number of aromatic nitrogens is 2. The summed E-state index contributed by atoms with van der Waals surface area (Å²) in [6.45, 7) is 5.59. The Morgan fingerprint density at radius 3 is 2.60 bits per heavy atom. The predicted octanol–water partition coefficient (Wildman–Crippen LogP) is 1.05. The second-order valence-electron chi connectivity index (χ2n) is 6.00. The molecular formula is C18H25N5O2. The van der Waals surface area contributed by atoms with Gasteiger partial charge in [0.25, 0.3) is 0 Å². The maximum absolute atomic E-state index is 11.8. The molecule has 7 nitrogen and oxygen atoms in total. The fourth-order valence-electron chi connectivity index (χ4n) is 2.77. The van der Waals surface area contributed by atoms with Crippen molar-refractivity contribution in [2.45, 2.75) is 6.42 Å². The van der Waals surface area contributed by atoms with Crippen molar-refractivity contribution < 1.29 is 9.53 Å². The molecule has 1 aliphatic heterocycles. The van der Waals surface area contributed by atoms with Crippen molar-refractivity contribution in [3.63, 3.8) is 0 Å². The number of hydrogen-bond acceptors (Lipinski definition) is 4. The van der Waals surface area contributed by atoms with Gasteiger partial charge in [-0.15, -0.1) is 0 Å². The van der Waals surface area contributed by atoms with Crippen LogP contribution in [-0.2, 0) is 11.2 Å². The van der Waals surface area contributed by atoms with Gasteiger partial charge in [-0.2, -0.15) is 5.10 Å². The van der Waals surface area contributed by atoms with Crippen molar-refractivity contribution in [1.29, 1.82) is 0 Å². The summed E-state index contributed by atoms with van der Waals surface area (Å²) < 4.78 is 7.13. The third kappa shape index (κ3) is 5.58. The SMILES string of the molecule is O=C(NCCc1ccc(-n2cccn2)cc1)NCCN1CCOCC1. The summed E-state index contributed by atoms with van der Waals surface area (Å²) in [7, 11) is 0. The topological polar surface area (TPSA) is 71.4 Å². The van der Waals surface area contributed by atoms with Crippen molar-refractivity contribution in [3.8, 4) is 5.69 Å². The number of nitrogens with one attached hydrogen (secondary N) is 2. The monoisotopic (exact) mass is 343 g/mol. The molecule has 0 spiro atoms. The van der Waals surface area contributed by atoms with E-state index in [2.05, 4.69) is 32.8 Å². The lowest BCUT2D eigenvalue weighted by atomic mass is 10.1. The normalized spacial score (nSPS) is 15.0. The lowest BCUT2D eigenvalue weighted by Gasteiger charge is -2.26. The highest BCUT2D eigenvalue weighted by Crippen LogP contribution is 2.08. The molecule has 0 atom stereocenters. The molecular weight excluding hydrogens is 318 g/mol. The van der Waals surface area contributed by atoms with Crippen molar-refractivity contribution in [2.75, 3.05) is 45.9 Å². The molecule has 1 aliphatic rings. The fourth-order valence-corrected chi connectivity index (χ4v) is 2.77. The first-order valence-electron chi connectivity index (χ1n) is 8.72. The van der Waals surface area contributed by atoms with E-state index in [1.807, 2.05) is 29.1 Å². The van der Waals surface area contributed by atoms with Crippen LogP contribution >= 0.6 is 0 Å². The van der Waals surface area contributed by atoms with Gasteiger partial charge in [0.15, 0.2) is 0 Å². The van der Waals surface area contributed by atoms with Gasteiger partial charge >= 0.3 is 6.03 Å². The summed E-state index contributed by atoms with van der Waals surface area (Å²) in [6.07, 6.45) is 4.48. The highest BCUT2D eigenvalue weighted by molar-refractivity contribution is 5.73. The lowest BCUT2D eigenvalue weighted by Crippen LogP contribution is -2.44. The van der Waals surface area contributed by atoms with Crippen LogP contribution in [0.1, 0.15) is 5.56 Å². The molecule has 1 aromatic heterocycles. The number of nitrogens with zero attached hydrogens (tertiary/aromatic N) is 3. The molecule has 2 N–H and O–H groups in total. The van der Waals surface area contributed by atoms with Crippen LogP contribution < -0.4 is 10.6 Å². The number of carbonyl (C=O) groups excluding carboxylic acids is 1. The Kier molecular flexibility index (Phi) is 6.42. The van der Waals surface area contributed by atoms with E-state index < -0.39 is 0 Å². The van der Waals surface area contributed by atoms with Gasteiger partial charge in [-0.05, 0) is 30.2 Å². The Bertz CT molecular complexity index is 636. The van der Waals surface area contributed by atoms with E-state index in [0.717, 1.165) is 45.0 Å². The van der Waals surface area contributed by atoms with Crippen molar-refractivity contribution >= 4 is 6.03 Å². The quantitative estimate of drug-likeness (QED) is 0.788.